The second-order valence-corrected chi connectivity index (χ2v) is 9.23. The first kappa shape index (κ1) is 34.0. The first-order valence-electron chi connectivity index (χ1n) is 14.1. The van der Waals surface area contributed by atoms with Gasteiger partial charge in [-0.15, -0.1) is 0 Å². The highest BCUT2D eigenvalue weighted by Crippen LogP contribution is 2.12. The predicted molar refractivity (Wildman–Crippen MR) is 142 cm³/mol. The van der Waals surface area contributed by atoms with Crippen molar-refractivity contribution < 1.29 is 10.2 Å². The second kappa shape index (κ2) is 30.8. The van der Waals surface area contributed by atoms with E-state index in [2.05, 4.69) is 30.0 Å². The van der Waals surface area contributed by atoms with E-state index >= 15 is 0 Å². The van der Waals surface area contributed by atoms with Gasteiger partial charge in [-0.05, 0) is 32.7 Å². The van der Waals surface area contributed by atoms with Gasteiger partial charge in [0.25, 0.3) is 0 Å². The van der Waals surface area contributed by atoms with Gasteiger partial charge in [-0.3, -0.25) is 10.7 Å². The molecule has 2 atom stereocenters. The highest BCUT2D eigenvalue weighted by Gasteiger charge is 2.01. The summed E-state index contributed by atoms with van der Waals surface area (Å²) >= 11 is 0. The van der Waals surface area contributed by atoms with Gasteiger partial charge in [-0.2, -0.15) is 0 Å². The molecule has 0 aliphatic heterocycles. The molecule has 0 amide bonds. The smallest absolute Gasteiger partial charge is 0.117 e. The Bertz CT molecular complexity index is 319. The minimum absolute atomic E-state index is 0.296. The summed E-state index contributed by atoms with van der Waals surface area (Å²) in [7, 11) is 1.80. The van der Waals surface area contributed by atoms with E-state index in [-0.39, 0.29) is 6.23 Å². The van der Waals surface area contributed by atoms with E-state index in [1.807, 2.05) is 6.92 Å². The van der Waals surface area contributed by atoms with E-state index in [9.17, 15) is 10.2 Å². The lowest BCUT2D eigenvalue weighted by Crippen LogP contribution is -2.40. The molecular formula is C27H61N3O2. The van der Waals surface area contributed by atoms with E-state index in [1.165, 1.54) is 103 Å². The lowest BCUT2D eigenvalue weighted by molar-refractivity contribution is 0.108. The molecule has 0 saturated carbocycles. The second-order valence-electron chi connectivity index (χ2n) is 9.23. The fourth-order valence-corrected chi connectivity index (χ4v) is 3.73. The molecule has 0 aromatic heterocycles. The van der Waals surface area contributed by atoms with Crippen LogP contribution in [0, 0.1) is 0 Å². The van der Waals surface area contributed by atoms with Gasteiger partial charge in [0.05, 0.1) is 0 Å². The Morgan fingerprint density at radius 1 is 0.500 bits per heavy atom. The Morgan fingerprint density at radius 2 is 0.844 bits per heavy atom. The normalized spacial score (nSPS) is 12.9. The standard InChI is InChI=1S/C16H36N2O.C11H25NO/c1-3-5-6-7-8-9-10-11-12-13-14-15-16(19)18-17-4-2;1-3-4-5-6-7-8-9-10-11(13)12-2/h16-19H,3-15H2,1-2H3;11-13H,3-10H2,1-2H3. The van der Waals surface area contributed by atoms with Gasteiger partial charge >= 0.3 is 0 Å². The number of rotatable bonds is 24. The van der Waals surface area contributed by atoms with Crippen LogP contribution in [0.2, 0.25) is 0 Å². The summed E-state index contributed by atoms with van der Waals surface area (Å²) in [6.07, 6.45) is 25.1. The fraction of sp³-hybridized carbons (Fsp3) is 1.00. The minimum Gasteiger partial charge on any atom is -0.379 e. The quantitative estimate of drug-likeness (QED) is 0.0624. The van der Waals surface area contributed by atoms with Crippen molar-refractivity contribution in [1.29, 1.82) is 0 Å². The first-order chi connectivity index (χ1) is 15.6. The van der Waals surface area contributed by atoms with Crippen LogP contribution >= 0.6 is 0 Å². The van der Waals surface area contributed by atoms with Gasteiger partial charge in [0, 0.05) is 6.54 Å². The van der Waals surface area contributed by atoms with E-state index in [0.29, 0.717) is 0 Å². The molecule has 5 N–H and O–H groups in total. The van der Waals surface area contributed by atoms with Crippen LogP contribution in [0.25, 0.3) is 0 Å². The van der Waals surface area contributed by atoms with Crippen LogP contribution in [0.5, 0.6) is 0 Å². The molecule has 0 rings (SSSR count). The maximum absolute atomic E-state index is 9.55. The van der Waals surface area contributed by atoms with Crippen LogP contribution in [-0.2, 0) is 0 Å². The molecule has 0 fully saturated rings. The van der Waals surface area contributed by atoms with E-state index in [0.717, 1.165) is 32.2 Å². The van der Waals surface area contributed by atoms with Crippen molar-refractivity contribution in [2.45, 2.75) is 162 Å². The monoisotopic (exact) mass is 459 g/mol. The maximum Gasteiger partial charge on any atom is 0.117 e. The predicted octanol–water partition coefficient (Wildman–Crippen LogP) is 6.78. The molecule has 2 unspecified atom stereocenters. The van der Waals surface area contributed by atoms with Crippen LogP contribution < -0.4 is 16.2 Å². The van der Waals surface area contributed by atoms with Gasteiger partial charge in [-0.1, -0.05) is 124 Å². The summed E-state index contributed by atoms with van der Waals surface area (Å²) in [6, 6.07) is 0. The lowest BCUT2D eigenvalue weighted by atomic mass is 10.1. The number of aliphatic hydroxyl groups excluding tert-OH is 2. The van der Waals surface area contributed by atoms with Gasteiger partial charge in [0.1, 0.15) is 12.5 Å². The topological polar surface area (TPSA) is 76.5 Å². The Kier molecular flexibility index (Phi) is 32.7. The first-order valence-corrected chi connectivity index (χ1v) is 14.1. The number of nitrogens with one attached hydrogen (secondary N) is 3. The van der Waals surface area contributed by atoms with Crippen molar-refractivity contribution in [3.8, 4) is 0 Å². The Labute approximate surface area is 201 Å². The third kappa shape index (κ3) is 32.0. The molecule has 0 bridgehead atoms. The number of unbranched alkanes of at least 4 members (excludes halogenated alkanes) is 16. The molecule has 0 aliphatic carbocycles. The third-order valence-corrected chi connectivity index (χ3v) is 5.94. The molecule has 0 radical (unpaired) electrons. The van der Waals surface area contributed by atoms with Gasteiger partial charge in [0.15, 0.2) is 0 Å². The van der Waals surface area contributed by atoms with Crippen LogP contribution in [-0.4, -0.2) is 36.3 Å². The zero-order valence-electron chi connectivity index (χ0n) is 22.4. The largest absolute Gasteiger partial charge is 0.379 e. The zero-order chi connectivity index (χ0) is 24.1. The average Bonchev–Trinajstić information content (AvgIpc) is 2.80. The molecule has 32 heavy (non-hydrogen) atoms. The van der Waals surface area contributed by atoms with Gasteiger partial charge in [-0.25, -0.2) is 5.43 Å². The van der Waals surface area contributed by atoms with E-state index < -0.39 is 6.23 Å². The van der Waals surface area contributed by atoms with Crippen molar-refractivity contribution in [2.24, 2.45) is 0 Å². The third-order valence-electron chi connectivity index (χ3n) is 5.94. The molecular weight excluding hydrogens is 398 g/mol. The summed E-state index contributed by atoms with van der Waals surface area (Å²) in [5.41, 5.74) is 5.81. The van der Waals surface area contributed by atoms with Gasteiger partial charge < -0.3 is 10.2 Å². The Morgan fingerprint density at radius 3 is 1.19 bits per heavy atom. The van der Waals surface area contributed by atoms with Gasteiger partial charge in [0.2, 0.25) is 0 Å². The number of hydrogen-bond acceptors (Lipinski definition) is 5. The summed E-state index contributed by atoms with van der Waals surface area (Å²) in [5.74, 6) is 0. The van der Waals surface area contributed by atoms with Crippen molar-refractivity contribution >= 4 is 0 Å². The summed E-state index contributed by atoms with van der Waals surface area (Å²) in [4.78, 5) is 0. The van der Waals surface area contributed by atoms with Crippen LogP contribution in [0.4, 0.5) is 0 Å². The SMILES string of the molecule is CCCCCCCCCC(O)NC.CCCCCCCCCCCCCC(O)NNCC. The number of aliphatic hydroxyl groups is 2. The summed E-state index contributed by atoms with van der Waals surface area (Å²) in [6.45, 7) is 7.37. The maximum atomic E-state index is 9.55. The Balaban J connectivity index is 0. The highest BCUT2D eigenvalue weighted by atomic mass is 16.3. The van der Waals surface area contributed by atoms with Crippen LogP contribution in [0.3, 0.4) is 0 Å². The fourth-order valence-electron chi connectivity index (χ4n) is 3.73. The highest BCUT2D eigenvalue weighted by molar-refractivity contribution is 4.53. The van der Waals surface area contributed by atoms with E-state index in [1.54, 1.807) is 7.05 Å². The summed E-state index contributed by atoms with van der Waals surface area (Å²) in [5, 5.41) is 21.6. The Hall–Kier alpha value is -0.200. The van der Waals surface area contributed by atoms with Crippen molar-refractivity contribution in [1.82, 2.24) is 16.2 Å². The summed E-state index contributed by atoms with van der Waals surface area (Å²) < 4.78 is 0. The zero-order valence-corrected chi connectivity index (χ0v) is 22.4. The molecule has 0 heterocycles. The van der Waals surface area contributed by atoms with Crippen LogP contribution in [0.15, 0.2) is 0 Å². The molecule has 196 valence electrons. The molecule has 0 spiro atoms. The minimum atomic E-state index is -0.390. The molecule has 5 nitrogen and oxygen atoms in total. The molecule has 0 aliphatic rings. The van der Waals surface area contributed by atoms with Crippen molar-refractivity contribution in [3.05, 3.63) is 0 Å². The van der Waals surface area contributed by atoms with E-state index in [4.69, 9.17) is 0 Å². The number of hydrogen-bond donors (Lipinski definition) is 5. The number of hydrazine groups is 1. The molecule has 0 aromatic carbocycles. The molecule has 0 aromatic rings. The molecule has 5 heteroatoms. The van der Waals surface area contributed by atoms with Crippen molar-refractivity contribution in [3.63, 3.8) is 0 Å². The van der Waals surface area contributed by atoms with Crippen LogP contribution in [0.1, 0.15) is 149 Å². The average molecular weight is 460 g/mol. The van der Waals surface area contributed by atoms with Crippen molar-refractivity contribution in [2.75, 3.05) is 13.6 Å². The molecule has 0 saturated heterocycles. The lowest BCUT2D eigenvalue weighted by Gasteiger charge is -2.12.